The van der Waals surface area contributed by atoms with Crippen molar-refractivity contribution in [3.63, 3.8) is 0 Å². The van der Waals surface area contributed by atoms with Crippen molar-refractivity contribution < 1.29 is 9.90 Å². The monoisotopic (exact) mass is 194 g/mol. The smallest absolute Gasteiger partial charge is 0.255 e. The first-order valence-electron chi connectivity index (χ1n) is 4.36. The topological polar surface area (TPSA) is 62.2 Å². The van der Waals surface area contributed by atoms with Gasteiger partial charge in [0.1, 0.15) is 5.60 Å². The van der Waals surface area contributed by atoms with E-state index in [1.54, 1.807) is 18.3 Å². The molecular weight excluding hydrogens is 180 g/mol. The number of aliphatic hydroxyl groups is 1. The quantitative estimate of drug-likeness (QED) is 0.741. The van der Waals surface area contributed by atoms with E-state index in [1.165, 1.54) is 13.8 Å². The predicted octanol–water partition coefficient (Wildman–Crippen LogP) is 1.10. The lowest BCUT2D eigenvalue weighted by Gasteiger charge is -2.16. The van der Waals surface area contributed by atoms with Gasteiger partial charge >= 0.3 is 0 Å². The molecule has 0 aliphatic heterocycles. The number of carbonyl (C=O) groups excluding carboxylic acids is 1. The molecule has 0 fully saturated rings. The average Bonchev–Trinajstić information content (AvgIpc) is 2.02. The van der Waals surface area contributed by atoms with Gasteiger partial charge in [-0.15, -0.1) is 0 Å². The highest BCUT2D eigenvalue weighted by Gasteiger charge is 2.23. The van der Waals surface area contributed by atoms with Crippen LogP contribution in [0.5, 0.6) is 0 Å². The van der Waals surface area contributed by atoms with E-state index in [0.717, 1.165) is 5.69 Å². The molecule has 1 amide bonds. The zero-order chi connectivity index (χ0) is 10.8. The Morgan fingerprint density at radius 3 is 2.71 bits per heavy atom. The highest BCUT2D eigenvalue weighted by atomic mass is 16.3. The standard InChI is InChI=1S/C10H14N2O2/c1-7-6-8(4-5-11-7)12-9(13)10(2,3)14/h4-6,14H,1-3H3,(H,11,12,13). The fourth-order valence-corrected chi connectivity index (χ4v) is 0.907. The summed E-state index contributed by atoms with van der Waals surface area (Å²) in [6.07, 6.45) is 1.61. The molecular formula is C10H14N2O2. The fourth-order valence-electron chi connectivity index (χ4n) is 0.907. The molecule has 0 saturated carbocycles. The van der Waals surface area contributed by atoms with Crippen molar-refractivity contribution in [2.24, 2.45) is 0 Å². The molecule has 1 aromatic heterocycles. The Kier molecular flexibility index (Phi) is 2.86. The van der Waals surface area contributed by atoms with Crippen molar-refractivity contribution in [2.45, 2.75) is 26.4 Å². The van der Waals surface area contributed by atoms with Gasteiger partial charge < -0.3 is 10.4 Å². The summed E-state index contributed by atoms with van der Waals surface area (Å²) in [6.45, 7) is 4.71. The van der Waals surface area contributed by atoms with Crippen LogP contribution in [0.2, 0.25) is 0 Å². The van der Waals surface area contributed by atoms with Gasteiger partial charge in [0.05, 0.1) is 0 Å². The lowest BCUT2D eigenvalue weighted by atomic mass is 10.1. The van der Waals surface area contributed by atoms with E-state index in [4.69, 9.17) is 0 Å². The van der Waals surface area contributed by atoms with Crippen LogP contribution in [0.1, 0.15) is 19.5 Å². The summed E-state index contributed by atoms with van der Waals surface area (Å²) in [5.41, 5.74) is 0.0974. The largest absolute Gasteiger partial charge is 0.381 e. The molecule has 0 atom stereocenters. The molecule has 76 valence electrons. The highest BCUT2D eigenvalue weighted by molar-refractivity contribution is 5.96. The van der Waals surface area contributed by atoms with E-state index < -0.39 is 11.5 Å². The summed E-state index contributed by atoms with van der Waals surface area (Å²) in [7, 11) is 0. The van der Waals surface area contributed by atoms with Crippen molar-refractivity contribution in [3.05, 3.63) is 24.0 Å². The number of aryl methyl sites for hydroxylation is 1. The maximum atomic E-state index is 11.4. The number of aromatic nitrogens is 1. The predicted molar refractivity (Wildman–Crippen MR) is 53.9 cm³/mol. The molecule has 0 aliphatic carbocycles. The second-order valence-electron chi connectivity index (χ2n) is 3.70. The summed E-state index contributed by atoms with van der Waals surface area (Å²) in [5.74, 6) is -0.428. The maximum Gasteiger partial charge on any atom is 0.255 e. The van der Waals surface area contributed by atoms with Crippen molar-refractivity contribution in [2.75, 3.05) is 5.32 Å². The minimum atomic E-state index is -1.36. The van der Waals surface area contributed by atoms with Crippen LogP contribution in [-0.4, -0.2) is 21.6 Å². The Hall–Kier alpha value is -1.42. The summed E-state index contributed by atoms with van der Waals surface area (Å²) < 4.78 is 0. The van der Waals surface area contributed by atoms with Crippen molar-refractivity contribution >= 4 is 11.6 Å². The Balaban J connectivity index is 2.75. The van der Waals surface area contributed by atoms with E-state index in [2.05, 4.69) is 10.3 Å². The molecule has 2 N–H and O–H groups in total. The second-order valence-corrected chi connectivity index (χ2v) is 3.70. The first-order chi connectivity index (χ1) is 6.39. The molecule has 1 heterocycles. The average molecular weight is 194 g/mol. The molecule has 4 nitrogen and oxygen atoms in total. The zero-order valence-corrected chi connectivity index (χ0v) is 8.53. The molecule has 1 aromatic rings. The Bertz CT molecular complexity index is 342. The minimum absolute atomic E-state index is 0.428. The Labute approximate surface area is 83.0 Å². The number of rotatable bonds is 2. The van der Waals surface area contributed by atoms with Crippen LogP contribution in [0.25, 0.3) is 0 Å². The van der Waals surface area contributed by atoms with Crippen LogP contribution in [0.15, 0.2) is 18.3 Å². The Morgan fingerprint density at radius 1 is 1.57 bits per heavy atom. The van der Waals surface area contributed by atoms with Gasteiger partial charge in [-0.1, -0.05) is 0 Å². The molecule has 0 bridgehead atoms. The molecule has 0 aliphatic rings. The van der Waals surface area contributed by atoms with Gasteiger partial charge in [-0.2, -0.15) is 0 Å². The van der Waals surface area contributed by atoms with Gasteiger partial charge in [0.15, 0.2) is 0 Å². The number of nitrogens with zero attached hydrogens (tertiary/aromatic N) is 1. The van der Waals surface area contributed by atoms with E-state index >= 15 is 0 Å². The van der Waals surface area contributed by atoms with Crippen LogP contribution >= 0.6 is 0 Å². The van der Waals surface area contributed by atoms with Crippen LogP contribution in [0, 0.1) is 6.92 Å². The number of pyridine rings is 1. The third-order valence-electron chi connectivity index (χ3n) is 1.71. The Morgan fingerprint density at radius 2 is 2.21 bits per heavy atom. The molecule has 0 unspecified atom stereocenters. The number of nitrogens with one attached hydrogen (secondary N) is 1. The molecule has 1 rings (SSSR count). The van der Waals surface area contributed by atoms with Gasteiger partial charge in [0, 0.05) is 17.6 Å². The lowest BCUT2D eigenvalue weighted by molar-refractivity contribution is -0.130. The lowest BCUT2D eigenvalue weighted by Crippen LogP contribution is -2.36. The van der Waals surface area contributed by atoms with Crippen molar-refractivity contribution in [1.82, 2.24) is 4.98 Å². The zero-order valence-electron chi connectivity index (χ0n) is 8.53. The van der Waals surface area contributed by atoms with E-state index in [0.29, 0.717) is 5.69 Å². The third-order valence-corrected chi connectivity index (χ3v) is 1.71. The number of hydrogen-bond acceptors (Lipinski definition) is 3. The van der Waals surface area contributed by atoms with Crippen molar-refractivity contribution in [3.8, 4) is 0 Å². The molecule has 0 saturated heterocycles. The fraction of sp³-hybridized carbons (Fsp3) is 0.400. The number of amides is 1. The van der Waals surface area contributed by atoms with Gasteiger partial charge in [0.25, 0.3) is 5.91 Å². The second kappa shape index (κ2) is 3.75. The van der Waals surface area contributed by atoms with E-state index in [1.807, 2.05) is 6.92 Å². The molecule has 14 heavy (non-hydrogen) atoms. The molecule has 0 spiro atoms. The van der Waals surface area contributed by atoms with Crippen LogP contribution < -0.4 is 5.32 Å². The molecule has 0 aromatic carbocycles. The maximum absolute atomic E-state index is 11.4. The summed E-state index contributed by atoms with van der Waals surface area (Å²) in [6, 6.07) is 3.42. The van der Waals surface area contributed by atoms with E-state index in [9.17, 15) is 9.90 Å². The van der Waals surface area contributed by atoms with Gasteiger partial charge in [0.2, 0.25) is 0 Å². The molecule has 4 heteroatoms. The first-order valence-corrected chi connectivity index (χ1v) is 4.36. The number of anilines is 1. The SMILES string of the molecule is Cc1cc(NC(=O)C(C)(C)O)ccn1. The summed E-state index contributed by atoms with van der Waals surface area (Å²) in [5, 5.41) is 12.0. The van der Waals surface area contributed by atoms with Crippen LogP contribution in [0.3, 0.4) is 0 Å². The summed E-state index contributed by atoms with van der Waals surface area (Å²) >= 11 is 0. The van der Waals surface area contributed by atoms with Gasteiger partial charge in [-0.05, 0) is 32.9 Å². The summed E-state index contributed by atoms with van der Waals surface area (Å²) in [4.78, 5) is 15.4. The highest BCUT2D eigenvalue weighted by Crippen LogP contribution is 2.10. The van der Waals surface area contributed by atoms with Crippen LogP contribution in [-0.2, 0) is 4.79 Å². The number of carbonyl (C=O) groups is 1. The van der Waals surface area contributed by atoms with E-state index in [-0.39, 0.29) is 0 Å². The number of hydrogen-bond donors (Lipinski definition) is 2. The first kappa shape index (κ1) is 10.7. The minimum Gasteiger partial charge on any atom is -0.381 e. The third kappa shape index (κ3) is 2.81. The van der Waals surface area contributed by atoms with Gasteiger partial charge in [-0.3, -0.25) is 9.78 Å². The molecule has 0 radical (unpaired) electrons. The normalized spacial score (nSPS) is 11.1. The van der Waals surface area contributed by atoms with Gasteiger partial charge in [-0.25, -0.2) is 0 Å². The van der Waals surface area contributed by atoms with Crippen molar-refractivity contribution in [1.29, 1.82) is 0 Å². The van der Waals surface area contributed by atoms with Crippen LogP contribution in [0.4, 0.5) is 5.69 Å².